The molecule has 0 unspecified atom stereocenters. The molecule has 0 amide bonds. The maximum atomic E-state index is 13.1. The van der Waals surface area contributed by atoms with Crippen LogP contribution in [-0.2, 0) is 4.74 Å². The summed E-state index contributed by atoms with van der Waals surface area (Å²) in [5.41, 5.74) is 1.45. The third-order valence-corrected chi connectivity index (χ3v) is 4.10. The number of Topliss-reactive ketones (excluding diaryl/α,β-unsaturated/α-hetero) is 1. The maximum Gasteiger partial charge on any atom is 0.230 e. The highest BCUT2D eigenvalue weighted by Crippen LogP contribution is 2.39. The van der Waals surface area contributed by atoms with E-state index in [1.54, 1.807) is 19.3 Å². The largest absolute Gasteiger partial charge is 0.495 e. The molecule has 0 N–H and O–H groups in total. The molecule has 120 valence electrons. The molecule has 0 aromatic carbocycles. The van der Waals surface area contributed by atoms with Crippen molar-refractivity contribution in [3.05, 3.63) is 41.3 Å². The van der Waals surface area contributed by atoms with Crippen LogP contribution < -0.4 is 4.74 Å². The van der Waals surface area contributed by atoms with E-state index in [2.05, 4.69) is 4.98 Å². The Balaban J connectivity index is 2.18. The molecule has 2 heterocycles. The van der Waals surface area contributed by atoms with Gasteiger partial charge in [0, 0.05) is 19.1 Å². The maximum absolute atomic E-state index is 13.1. The Labute approximate surface area is 134 Å². The van der Waals surface area contributed by atoms with Crippen molar-refractivity contribution in [2.24, 2.45) is 0 Å². The van der Waals surface area contributed by atoms with E-state index in [0.717, 1.165) is 11.0 Å². The van der Waals surface area contributed by atoms with Gasteiger partial charge in [-0.15, -0.1) is 0 Å². The van der Waals surface area contributed by atoms with Gasteiger partial charge in [0.25, 0.3) is 0 Å². The lowest BCUT2D eigenvalue weighted by molar-refractivity contribution is 0.0289. The van der Waals surface area contributed by atoms with Gasteiger partial charge in [-0.05, 0) is 32.1 Å². The predicted molar refractivity (Wildman–Crippen MR) is 87.7 cm³/mol. The Morgan fingerprint density at radius 3 is 2.83 bits per heavy atom. The van der Waals surface area contributed by atoms with Crippen molar-refractivity contribution in [2.75, 3.05) is 14.2 Å². The van der Waals surface area contributed by atoms with E-state index in [9.17, 15) is 4.79 Å². The highest BCUT2D eigenvalue weighted by molar-refractivity contribution is 6.10. The summed E-state index contributed by atoms with van der Waals surface area (Å²) in [7, 11) is 3.11. The Bertz CT molecular complexity index is 827. The smallest absolute Gasteiger partial charge is 0.230 e. The second kappa shape index (κ2) is 5.66. The first-order valence-corrected chi connectivity index (χ1v) is 7.40. The number of hydrogen-bond acceptors (Lipinski definition) is 5. The monoisotopic (exact) mass is 313 g/mol. The summed E-state index contributed by atoms with van der Waals surface area (Å²) in [5, 5.41) is 0.748. The molecule has 2 aromatic rings. The molecule has 0 fully saturated rings. The Hall–Kier alpha value is -2.40. The first-order valence-electron chi connectivity index (χ1n) is 7.40. The Morgan fingerprint density at radius 2 is 2.17 bits per heavy atom. The number of methoxy groups -OCH3 is 2. The van der Waals surface area contributed by atoms with Gasteiger partial charge < -0.3 is 13.9 Å². The van der Waals surface area contributed by atoms with E-state index in [0.29, 0.717) is 29.1 Å². The van der Waals surface area contributed by atoms with Crippen LogP contribution in [0.1, 0.15) is 36.3 Å². The van der Waals surface area contributed by atoms with Crippen LogP contribution in [0.15, 0.2) is 34.5 Å². The van der Waals surface area contributed by atoms with Crippen molar-refractivity contribution in [2.45, 2.75) is 25.9 Å². The normalized spacial score (nSPS) is 19.7. The molecule has 0 spiro atoms. The molecule has 1 aliphatic carbocycles. The second-order valence-electron chi connectivity index (χ2n) is 5.79. The number of allylic oxidation sites excluding steroid dienone is 1. The Morgan fingerprint density at radius 1 is 1.39 bits per heavy atom. The van der Waals surface area contributed by atoms with Crippen LogP contribution in [0, 0.1) is 0 Å². The number of ketones is 1. The number of ether oxygens (including phenoxy) is 2. The molecule has 1 atom stereocenters. The standard InChI is InChI=1S/C18H19NO4/c1-11(2)5-8-18(22-4)9-6-12-14(16(18)20)19-17-13(7-10-23-17)15(12)21-3/h5-7,9-10H,8H2,1-4H3/t18-/m1/s1. The molecule has 2 aromatic heterocycles. The van der Waals surface area contributed by atoms with Gasteiger partial charge in [-0.25, -0.2) is 4.98 Å². The van der Waals surface area contributed by atoms with Gasteiger partial charge in [0.1, 0.15) is 11.4 Å². The van der Waals surface area contributed by atoms with E-state index in [-0.39, 0.29) is 5.78 Å². The fourth-order valence-electron chi connectivity index (χ4n) is 2.78. The molecule has 0 saturated carbocycles. The summed E-state index contributed by atoms with van der Waals surface area (Å²) in [6.45, 7) is 3.98. The van der Waals surface area contributed by atoms with Crippen molar-refractivity contribution in [1.82, 2.24) is 4.98 Å². The predicted octanol–water partition coefficient (Wildman–Crippen LogP) is 3.79. The van der Waals surface area contributed by atoms with Gasteiger partial charge in [-0.1, -0.05) is 11.6 Å². The molecule has 0 radical (unpaired) electrons. The summed E-state index contributed by atoms with van der Waals surface area (Å²) in [6, 6.07) is 1.78. The molecule has 5 nitrogen and oxygen atoms in total. The summed E-state index contributed by atoms with van der Waals surface area (Å²) in [6.07, 6.45) is 7.61. The van der Waals surface area contributed by atoms with E-state index < -0.39 is 5.60 Å². The molecule has 23 heavy (non-hydrogen) atoms. The minimum Gasteiger partial charge on any atom is -0.495 e. The molecule has 5 heteroatoms. The summed E-state index contributed by atoms with van der Waals surface area (Å²) >= 11 is 0. The lowest BCUT2D eigenvalue weighted by Crippen LogP contribution is -2.41. The van der Waals surface area contributed by atoms with Gasteiger partial charge in [0.05, 0.1) is 18.8 Å². The van der Waals surface area contributed by atoms with Crippen LogP contribution in [-0.4, -0.2) is 30.6 Å². The van der Waals surface area contributed by atoms with Crippen LogP contribution in [0.5, 0.6) is 5.75 Å². The number of fused-ring (bicyclic) bond motifs is 2. The topological polar surface area (TPSA) is 61.6 Å². The van der Waals surface area contributed by atoms with Gasteiger partial charge >= 0.3 is 0 Å². The van der Waals surface area contributed by atoms with Crippen molar-refractivity contribution >= 4 is 23.0 Å². The number of furan rings is 1. The Kier molecular flexibility index (Phi) is 3.82. The van der Waals surface area contributed by atoms with E-state index in [4.69, 9.17) is 13.9 Å². The van der Waals surface area contributed by atoms with E-state index in [1.807, 2.05) is 26.0 Å². The number of pyridine rings is 1. The minimum atomic E-state index is -1.04. The van der Waals surface area contributed by atoms with Crippen molar-refractivity contribution in [3.8, 4) is 5.75 Å². The molecule has 0 saturated heterocycles. The van der Waals surface area contributed by atoms with Crippen molar-refractivity contribution < 1.29 is 18.7 Å². The average molecular weight is 313 g/mol. The first kappa shape index (κ1) is 15.5. The molecule has 3 rings (SSSR count). The van der Waals surface area contributed by atoms with Crippen LogP contribution >= 0.6 is 0 Å². The van der Waals surface area contributed by atoms with Gasteiger partial charge in [0.2, 0.25) is 11.5 Å². The highest BCUT2D eigenvalue weighted by Gasteiger charge is 2.41. The zero-order valence-electron chi connectivity index (χ0n) is 13.7. The van der Waals surface area contributed by atoms with Crippen LogP contribution in [0.25, 0.3) is 17.2 Å². The fraction of sp³-hybridized carbons (Fsp3) is 0.333. The summed E-state index contributed by atoms with van der Waals surface area (Å²) < 4.78 is 16.4. The number of nitrogens with zero attached hydrogens (tertiary/aromatic N) is 1. The van der Waals surface area contributed by atoms with Crippen molar-refractivity contribution in [1.29, 1.82) is 0 Å². The van der Waals surface area contributed by atoms with Crippen LogP contribution in [0.4, 0.5) is 0 Å². The zero-order valence-corrected chi connectivity index (χ0v) is 13.7. The molecule has 1 aliphatic rings. The zero-order chi connectivity index (χ0) is 16.6. The van der Waals surface area contributed by atoms with Crippen LogP contribution in [0.2, 0.25) is 0 Å². The number of carbonyl (C=O) groups is 1. The fourth-order valence-corrected chi connectivity index (χ4v) is 2.78. The molecular formula is C18H19NO4. The molecule has 0 aliphatic heterocycles. The third-order valence-electron chi connectivity index (χ3n) is 4.10. The molecule has 0 bridgehead atoms. The van der Waals surface area contributed by atoms with Gasteiger partial charge in [-0.3, -0.25) is 4.79 Å². The van der Waals surface area contributed by atoms with E-state index >= 15 is 0 Å². The highest BCUT2D eigenvalue weighted by atomic mass is 16.5. The summed E-state index contributed by atoms with van der Waals surface area (Å²) in [4.78, 5) is 17.4. The quantitative estimate of drug-likeness (QED) is 0.804. The van der Waals surface area contributed by atoms with E-state index in [1.165, 1.54) is 13.4 Å². The molecular weight excluding hydrogens is 294 g/mol. The van der Waals surface area contributed by atoms with Gasteiger partial charge in [-0.2, -0.15) is 0 Å². The number of rotatable bonds is 4. The van der Waals surface area contributed by atoms with Crippen LogP contribution in [0.3, 0.4) is 0 Å². The van der Waals surface area contributed by atoms with Gasteiger partial charge in [0.15, 0.2) is 5.60 Å². The SMILES string of the molecule is COc1c2c(nc3occc13)C(=O)[C@](CC=C(C)C)(OC)C=C2. The third kappa shape index (κ3) is 2.37. The number of carbonyl (C=O) groups excluding carboxylic acids is 1. The summed E-state index contributed by atoms with van der Waals surface area (Å²) in [5.74, 6) is 0.405. The lowest BCUT2D eigenvalue weighted by Gasteiger charge is -2.30. The first-order chi connectivity index (χ1) is 11.0. The second-order valence-corrected chi connectivity index (χ2v) is 5.79. The van der Waals surface area contributed by atoms with Crippen molar-refractivity contribution in [3.63, 3.8) is 0 Å². The number of aromatic nitrogens is 1. The number of hydrogen-bond donors (Lipinski definition) is 0. The lowest BCUT2D eigenvalue weighted by atomic mass is 9.84. The minimum absolute atomic E-state index is 0.188. The average Bonchev–Trinajstić information content (AvgIpc) is 3.01.